The van der Waals surface area contributed by atoms with Gasteiger partial charge in [-0.2, -0.15) is 0 Å². The van der Waals surface area contributed by atoms with Crippen LogP contribution in [0.25, 0.3) is 0 Å². The van der Waals surface area contributed by atoms with Gasteiger partial charge in [-0.05, 0) is 31.0 Å². The molecule has 2 rings (SSSR count). The van der Waals surface area contributed by atoms with Gasteiger partial charge in [0, 0.05) is 6.54 Å². The molecule has 0 aliphatic rings. The number of amides is 1. The van der Waals surface area contributed by atoms with Crippen molar-refractivity contribution in [2.75, 3.05) is 19.6 Å². The van der Waals surface area contributed by atoms with Crippen molar-refractivity contribution < 1.29 is 18.1 Å². The van der Waals surface area contributed by atoms with E-state index in [1.54, 1.807) is 24.3 Å². The summed E-state index contributed by atoms with van der Waals surface area (Å²) in [6.07, 6.45) is -0.0471. The topological polar surface area (TPSA) is 37.4 Å². The van der Waals surface area contributed by atoms with E-state index in [1.807, 2.05) is 6.07 Å². The Hall–Kier alpha value is -2.00. The van der Waals surface area contributed by atoms with E-state index in [-0.39, 0.29) is 12.8 Å². The maximum atomic E-state index is 13.9. The second-order valence-electron chi connectivity index (χ2n) is 5.80. The largest absolute Gasteiger partial charge is 0.327 e. The van der Waals surface area contributed by atoms with Gasteiger partial charge in [0.1, 0.15) is 24.3 Å². The lowest BCUT2D eigenvalue weighted by Gasteiger charge is -2.25. The molecule has 0 aliphatic heterocycles. The Kier molecular flexibility index (Phi) is 5.32. The monoisotopic (exact) mass is 337 g/mol. The number of rotatable bonds is 5. The van der Waals surface area contributed by atoms with Gasteiger partial charge in [-0.1, -0.05) is 36.4 Å². The van der Waals surface area contributed by atoms with E-state index >= 15 is 0 Å². The highest BCUT2D eigenvalue weighted by atomic mass is 31.2. The Bertz CT molecular complexity index is 723. The van der Waals surface area contributed by atoms with E-state index in [2.05, 4.69) is 0 Å². The van der Waals surface area contributed by atoms with Crippen LogP contribution in [-0.2, 0) is 11.1 Å². The van der Waals surface area contributed by atoms with E-state index in [0.717, 1.165) is 17.7 Å². The predicted octanol–water partition coefficient (Wildman–Crippen LogP) is 4.19. The lowest BCUT2D eigenvalue weighted by molar-refractivity contribution is 0.0762. The summed E-state index contributed by atoms with van der Waals surface area (Å²) in [6.45, 7) is 3.21. The van der Waals surface area contributed by atoms with Gasteiger partial charge in [0.25, 0.3) is 5.91 Å². The standard InChI is InChI=1S/C17H18F2NO2P/c1-23(2,22)12-20(11-13-7-4-3-5-8-13)17(21)16-14(18)9-6-10-15(16)19/h3-10H,11-12H2,1-2H3. The number of carbonyl (C=O) groups is 1. The van der Waals surface area contributed by atoms with E-state index < -0.39 is 30.2 Å². The molecule has 0 atom stereocenters. The Morgan fingerprint density at radius 3 is 2.09 bits per heavy atom. The minimum Gasteiger partial charge on any atom is -0.327 e. The molecule has 3 nitrogen and oxygen atoms in total. The van der Waals surface area contributed by atoms with Crippen molar-refractivity contribution in [2.24, 2.45) is 0 Å². The highest BCUT2D eigenvalue weighted by Gasteiger charge is 2.26. The Balaban J connectivity index is 2.36. The summed E-state index contributed by atoms with van der Waals surface area (Å²) in [6, 6.07) is 12.3. The third kappa shape index (κ3) is 4.73. The van der Waals surface area contributed by atoms with E-state index in [0.29, 0.717) is 0 Å². The Morgan fingerprint density at radius 1 is 1.00 bits per heavy atom. The first kappa shape index (κ1) is 17.4. The van der Waals surface area contributed by atoms with Crippen LogP contribution in [-0.4, -0.2) is 30.4 Å². The van der Waals surface area contributed by atoms with Gasteiger partial charge in [0.2, 0.25) is 0 Å². The summed E-state index contributed by atoms with van der Waals surface area (Å²) in [4.78, 5) is 13.8. The van der Waals surface area contributed by atoms with Crippen molar-refractivity contribution >= 4 is 13.0 Å². The molecule has 23 heavy (non-hydrogen) atoms. The number of benzene rings is 2. The van der Waals surface area contributed by atoms with Gasteiger partial charge in [0.05, 0.1) is 6.29 Å². The second kappa shape index (κ2) is 7.05. The molecule has 0 saturated heterocycles. The third-order valence-corrected chi connectivity index (χ3v) is 4.21. The summed E-state index contributed by atoms with van der Waals surface area (Å²) >= 11 is 0. The molecule has 0 saturated carbocycles. The predicted molar refractivity (Wildman–Crippen MR) is 87.0 cm³/mol. The van der Waals surface area contributed by atoms with Crippen LogP contribution in [0.1, 0.15) is 15.9 Å². The van der Waals surface area contributed by atoms with E-state index in [4.69, 9.17) is 0 Å². The molecule has 0 heterocycles. The highest BCUT2D eigenvalue weighted by Crippen LogP contribution is 2.37. The zero-order chi connectivity index (χ0) is 17.0. The minimum atomic E-state index is -2.60. The molecule has 1 amide bonds. The minimum absolute atomic E-state index is 0.0471. The molecular formula is C17H18F2NO2P. The van der Waals surface area contributed by atoms with Gasteiger partial charge in [-0.15, -0.1) is 0 Å². The van der Waals surface area contributed by atoms with E-state index in [1.165, 1.54) is 24.3 Å². The first-order valence-corrected chi connectivity index (χ1v) is 9.88. The lowest BCUT2D eigenvalue weighted by Crippen LogP contribution is -2.32. The van der Waals surface area contributed by atoms with Gasteiger partial charge in [0.15, 0.2) is 0 Å². The van der Waals surface area contributed by atoms with Crippen LogP contribution >= 0.6 is 7.14 Å². The first-order chi connectivity index (χ1) is 10.8. The Labute approximate surface area is 134 Å². The molecule has 0 aliphatic carbocycles. The van der Waals surface area contributed by atoms with Crippen LogP contribution in [0.5, 0.6) is 0 Å². The van der Waals surface area contributed by atoms with Crippen molar-refractivity contribution in [1.82, 2.24) is 4.90 Å². The second-order valence-corrected chi connectivity index (χ2v) is 9.23. The molecule has 122 valence electrons. The summed E-state index contributed by atoms with van der Waals surface area (Å²) in [5, 5.41) is 0. The highest BCUT2D eigenvalue weighted by molar-refractivity contribution is 7.62. The summed E-state index contributed by atoms with van der Waals surface area (Å²) < 4.78 is 39.9. The number of carbonyl (C=O) groups excluding carboxylic acids is 1. The van der Waals surface area contributed by atoms with Crippen LogP contribution in [0.15, 0.2) is 48.5 Å². The van der Waals surface area contributed by atoms with Gasteiger partial charge < -0.3 is 9.46 Å². The molecular weight excluding hydrogens is 319 g/mol. The maximum Gasteiger partial charge on any atom is 0.260 e. The SMILES string of the molecule is CP(C)(=O)CN(Cc1ccccc1)C(=O)c1c(F)cccc1F. The summed E-state index contributed by atoms with van der Waals surface area (Å²) in [5.74, 6) is -2.64. The summed E-state index contributed by atoms with van der Waals surface area (Å²) in [5.41, 5.74) is 0.183. The van der Waals surface area contributed by atoms with Crippen LogP contribution in [0.3, 0.4) is 0 Å². The first-order valence-electron chi connectivity index (χ1n) is 7.09. The quantitative estimate of drug-likeness (QED) is 0.767. The lowest BCUT2D eigenvalue weighted by atomic mass is 10.1. The molecule has 0 bridgehead atoms. The van der Waals surface area contributed by atoms with Crippen molar-refractivity contribution in [3.05, 3.63) is 71.3 Å². The van der Waals surface area contributed by atoms with E-state index in [9.17, 15) is 18.1 Å². The molecule has 0 fully saturated rings. The average molecular weight is 337 g/mol. The van der Waals surface area contributed by atoms with Crippen LogP contribution in [0, 0.1) is 11.6 Å². The maximum absolute atomic E-state index is 13.9. The zero-order valence-corrected chi connectivity index (χ0v) is 13.9. The molecule has 0 spiro atoms. The molecule has 2 aromatic carbocycles. The number of halogens is 2. The fourth-order valence-corrected chi connectivity index (χ4v) is 3.31. The fraction of sp³-hybridized carbons (Fsp3) is 0.235. The zero-order valence-electron chi connectivity index (χ0n) is 13.0. The number of hydrogen-bond acceptors (Lipinski definition) is 2. The molecule has 0 N–H and O–H groups in total. The molecule has 2 aromatic rings. The van der Waals surface area contributed by atoms with Crippen molar-refractivity contribution in [3.63, 3.8) is 0 Å². The van der Waals surface area contributed by atoms with Gasteiger partial charge in [-0.3, -0.25) is 4.79 Å². The van der Waals surface area contributed by atoms with Gasteiger partial charge in [-0.25, -0.2) is 8.78 Å². The van der Waals surface area contributed by atoms with Crippen molar-refractivity contribution in [1.29, 1.82) is 0 Å². The number of nitrogens with zero attached hydrogens (tertiary/aromatic N) is 1. The molecule has 6 heteroatoms. The van der Waals surface area contributed by atoms with Crippen LogP contribution in [0.2, 0.25) is 0 Å². The number of hydrogen-bond donors (Lipinski definition) is 0. The van der Waals surface area contributed by atoms with Crippen LogP contribution < -0.4 is 0 Å². The molecule has 0 radical (unpaired) electrons. The molecule has 0 unspecified atom stereocenters. The fourth-order valence-electron chi connectivity index (χ4n) is 2.26. The van der Waals surface area contributed by atoms with Crippen molar-refractivity contribution in [3.8, 4) is 0 Å². The molecule has 0 aromatic heterocycles. The average Bonchev–Trinajstić information content (AvgIpc) is 2.46. The van der Waals surface area contributed by atoms with Crippen LogP contribution in [0.4, 0.5) is 8.78 Å². The Morgan fingerprint density at radius 2 is 1.57 bits per heavy atom. The summed E-state index contributed by atoms with van der Waals surface area (Å²) in [7, 11) is -2.60. The van der Waals surface area contributed by atoms with Crippen molar-refractivity contribution in [2.45, 2.75) is 6.54 Å². The van der Waals surface area contributed by atoms with Gasteiger partial charge >= 0.3 is 0 Å². The smallest absolute Gasteiger partial charge is 0.260 e. The third-order valence-electron chi connectivity index (χ3n) is 3.19. The normalized spacial score (nSPS) is 11.3.